The van der Waals surface area contributed by atoms with Crippen molar-refractivity contribution in [3.8, 4) is 0 Å². The third-order valence-electron chi connectivity index (χ3n) is 3.65. The van der Waals surface area contributed by atoms with Crippen LogP contribution in [-0.2, 0) is 5.33 Å². The van der Waals surface area contributed by atoms with E-state index in [1.54, 1.807) is 0 Å². The van der Waals surface area contributed by atoms with Crippen LogP contribution in [0.3, 0.4) is 0 Å². The SMILES string of the molecule is CN(CCN1CCCC1)C(=O)c1ccc(CBr)cc1. The van der Waals surface area contributed by atoms with Gasteiger partial charge in [0.15, 0.2) is 0 Å². The van der Waals surface area contributed by atoms with Gasteiger partial charge in [-0.25, -0.2) is 0 Å². The van der Waals surface area contributed by atoms with E-state index < -0.39 is 0 Å². The summed E-state index contributed by atoms with van der Waals surface area (Å²) in [6, 6.07) is 7.81. The van der Waals surface area contributed by atoms with E-state index >= 15 is 0 Å². The average molecular weight is 325 g/mol. The Morgan fingerprint density at radius 2 is 1.89 bits per heavy atom. The van der Waals surface area contributed by atoms with Crippen molar-refractivity contribution in [1.82, 2.24) is 9.80 Å². The summed E-state index contributed by atoms with van der Waals surface area (Å²) in [5.74, 6) is 0.111. The second kappa shape index (κ2) is 7.06. The highest BCUT2D eigenvalue weighted by atomic mass is 79.9. The lowest BCUT2D eigenvalue weighted by molar-refractivity contribution is 0.0782. The predicted octanol–water partition coefficient (Wildman–Crippen LogP) is 2.75. The van der Waals surface area contributed by atoms with E-state index in [-0.39, 0.29) is 5.91 Å². The Hall–Kier alpha value is -0.870. The fourth-order valence-electron chi connectivity index (χ4n) is 2.36. The Morgan fingerprint density at radius 3 is 2.47 bits per heavy atom. The van der Waals surface area contributed by atoms with Crippen LogP contribution in [0.2, 0.25) is 0 Å². The van der Waals surface area contributed by atoms with Crippen LogP contribution in [0.15, 0.2) is 24.3 Å². The smallest absolute Gasteiger partial charge is 0.253 e. The van der Waals surface area contributed by atoms with Crippen LogP contribution in [0.5, 0.6) is 0 Å². The number of likely N-dealkylation sites (tertiary alicyclic amines) is 1. The Bertz CT molecular complexity index is 413. The molecule has 1 saturated heterocycles. The Morgan fingerprint density at radius 1 is 1.26 bits per heavy atom. The van der Waals surface area contributed by atoms with Gasteiger partial charge in [-0.15, -0.1) is 0 Å². The minimum atomic E-state index is 0.111. The van der Waals surface area contributed by atoms with E-state index in [0.29, 0.717) is 0 Å². The molecule has 0 aromatic heterocycles. The number of rotatable bonds is 5. The topological polar surface area (TPSA) is 23.6 Å². The molecule has 0 N–H and O–H groups in total. The van der Waals surface area contributed by atoms with Crippen molar-refractivity contribution < 1.29 is 4.79 Å². The summed E-state index contributed by atoms with van der Waals surface area (Å²) in [5.41, 5.74) is 1.96. The zero-order chi connectivity index (χ0) is 13.7. The van der Waals surface area contributed by atoms with Crippen molar-refractivity contribution in [3.05, 3.63) is 35.4 Å². The molecule has 1 heterocycles. The summed E-state index contributed by atoms with van der Waals surface area (Å²) >= 11 is 3.41. The highest BCUT2D eigenvalue weighted by molar-refractivity contribution is 9.08. The first-order valence-corrected chi connectivity index (χ1v) is 7.95. The molecule has 0 aliphatic carbocycles. The number of hydrogen-bond donors (Lipinski definition) is 0. The molecule has 1 aliphatic rings. The average Bonchev–Trinajstić information content (AvgIpc) is 2.97. The highest BCUT2D eigenvalue weighted by Crippen LogP contribution is 2.10. The quantitative estimate of drug-likeness (QED) is 0.777. The molecule has 0 bridgehead atoms. The number of hydrogen-bond acceptors (Lipinski definition) is 2. The van der Waals surface area contributed by atoms with Crippen molar-refractivity contribution in [3.63, 3.8) is 0 Å². The largest absolute Gasteiger partial charge is 0.340 e. The molecule has 1 aliphatic heterocycles. The Kier molecular flexibility index (Phi) is 5.40. The van der Waals surface area contributed by atoms with E-state index in [0.717, 1.165) is 24.0 Å². The second-order valence-corrected chi connectivity index (χ2v) is 5.67. The summed E-state index contributed by atoms with van der Waals surface area (Å²) in [7, 11) is 1.89. The van der Waals surface area contributed by atoms with Crippen LogP contribution >= 0.6 is 15.9 Å². The number of nitrogens with zero attached hydrogens (tertiary/aromatic N) is 2. The van der Waals surface area contributed by atoms with Gasteiger partial charge in [-0.1, -0.05) is 28.1 Å². The van der Waals surface area contributed by atoms with Crippen molar-refractivity contribution in [2.75, 3.05) is 33.2 Å². The first-order chi connectivity index (χ1) is 9.20. The van der Waals surface area contributed by atoms with E-state index in [9.17, 15) is 4.79 Å². The molecular weight excluding hydrogens is 304 g/mol. The molecule has 3 nitrogen and oxygen atoms in total. The summed E-state index contributed by atoms with van der Waals surface area (Å²) in [6.45, 7) is 4.16. The number of alkyl halides is 1. The maximum atomic E-state index is 12.2. The van der Waals surface area contributed by atoms with E-state index in [1.165, 1.54) is 31.5 Å². The molecule has 0 radical (unpaired) electrons. The lowest BCUT2D eigenvalue weighted by Crippen LogP contribution is -2.35. The van der Waals surface area contributed by atoms with Gasteiger partial charge in [-0.05, 0) is 43.6 Å². The van der Waals surface area contributed by atoms with E-state index in [2.05, 4.69) is 20.8 Å². The number of carbonyl (C=O) groups is 1. The van der Waals surface area contributed by atoms with Gasteiger partial charge >= 0.3 is 0 Å². The van der Waals surface area contributed by atoms with Crippen LogP contribution in [-0.4, -0.2) is 48.9 Å². The van der Waals surface area contributed by atoms with E-state index in [4.69, 9.17) is 0 Å². The third-order valence-corrected chi connectivity index (χ3v) is 4.30. The van der Waals surface area contributed by atoms with Gasteiger partial charge in [0.1, 0.15) is 0 Å². The maximum absolute atomic E-state index is 12.2. The minimum Gasteiger partial charge on any atom is -0.340 e. The predicted molar refractivity (Wildman–Crippen MR) is 81.7 cm³/mol. The van der Waals surface area contributed by atoms with Gasteiger partial charge in [-0.2, -0.15) is 0 Å². The second-order valence-electron chi connectivity index (χ2n) is 5.11. The molecule has 0 saturated carbocycles. The van der Waals surface area contributed by atoms with Gasteiger partial charge in [0, 0.05) is 31.0 Å². The van der Waals surface area contributed by atoms with Gasteiger partial charge in [0.25, 0.3) is 5.91 Å². The zero-order valence-corrected chi connectivity index (χ0v) is 13.0. The molecule has 4 heteroatoms. The van der Waals surface area contributed by atoms with Gasteiger partial charge in [-0.3, -0.25) is 4.79 Å². The monoisotopic (exact) mass is 324 g/mol. The first-order valence-electron chi connectivity index (χ1n) is 6.83. The van der Waals surface area contributed by atoms with Crippen molar-refractivity contribution in [2.45, 2.75) is 18.2 Å². The van der Waals surface area contributed by atoms with E-state index in [1.807, 2.05) is 36.2 Å². The number of amides is 1. The normalized spacial score (nSPS) is 15.7. The Labute approximate surface area is 123 Å². The molecule has 2 rings (SSSR count). The van der Waals surface area contributed by atoms with Crippen LogP contribution < -0.4 is 0 Å². The highest BCUT2D eigenvalue weighted by Gasteiger charge is 2.15. The molecule has 1 amide bonds. The molecule has 0 spiro atoms. The third kappa shape index (κ3) is 4.05. The lowest BCUT2D eigenvalue weighted by Gasteiger charge is -2.21. The van der Waals surface area contributed by atoms with Crippen molar-refractivity contribution in [1.29, 1.82) is 0 Å². The van der Waals surface area contributed by atoms with Gasteiger partial charge in [0.2, 0.25) is 0 Å². The zero-order valence-electron chi connectivity index (χ0n) is 11.4. The summed E-state index contributed by atoms with van der Waals surface area (Å²) < 4.78 is 0. The van der Waals surface area contributed by atoms with Gasteiger partial charge < -0.3 is 9.80 Å². The lowest BCUT2D eigenvalue weighted by atomic mass is 10.1. The number of halogens is 1. The summed E-state index contributed by atoms with van der Waals surface area (Å²) in [6.07, 6.45) is 2.59. The molecule has 0 unspecified atom stereocenters. The molecule has 104 valence electrons. The maximum Gasteiger partial charge on any atom is 0.253 e. The summed E-state index contributed by atoms with van der Waals surface area (Å²) in [5, 5.41) is 0.826. The fourth-order valence-corrected chi connectivity index (χ4v) is 2.73. The molecule has 19 heavy (non-hydrogen) atoms. The molecular formula is C15H21BrN2O. The minimum absolute atomic E-state index is 0.111. The first kappa shape index (κ1) is 14.5. The van der Waals surface area contributed by atoms with Crippen molar-refractivity contribution in [2.24, 2.45) is 0 Å². The van der Waals surface area contributed by atoms with Crippen LogP contribution in [0.25, 0.3) is 0 Å². The fraction of sp³-hybridized carbons (Fsp3) is 0.533. The van der Waals surface area contributed by atoms with Crippen LogP contribution in [0.1, 0.15) is 28.8 Å². The standard InChI is InChI=1S/C15H21BrN2O/c1-17(10-11-18-8-2-3-9-18)15(19)14-6-4-13(12-16)5-7-14/h4-7H,2-3,8-12H2,1H3. The molecule has 1 aromatic rings. The van der Waals surface area contributed by atoms with Crippen molar-refractivity contribution >= 4 is 21.8 Å². The molecule has 1 aromatic carbocycles. The molecule has 0 atom stereocenters. The number of carbonyl (C=O) groups excluding carboxylic acids is 1. The summed E-state index contributed by atoms with van der Waals surface area (Å²) in [4.78, 5) is 16.5. The van der Waals surface area contributed by atoms with Crippen LogP contribution in [0.4, 0.5) is 0 Å². The molecule has 1 fully saturated rings. The number of likely N-dealkylation sites (N-methyl/N-ethyl adjacent to an activating group) is 1. The number of benzene rings is 1. The van der Waals surface area contributed by atoms with Crippen LogP contribution in [0, 0.1) is 0 Å². The Balaban J connectivity index is 1.86. The van der Waals surface area contributed by atoms with Gasteiger partial charge in [0.05, 0.1) is 0 Å².